The van der Waals surface area contributed by atoms with E-state index in [-0.39, 0.29) is 19.3 Å². The molecule has 0 spiro atoms. The molecule has 4 aromatic rings. The molecule has 0 saturated carbocycles. The molecule has 0 aliphatic heterocycles. The minimum Gasteiger partial charge on any atom is -0.493 e. The molecule has 1 atom stereocenters. The quantitative estimate of drug-likeness (QED) is 0.328. The largest absolute Gasteiger partial charge is 0.493 e. The number of amides is 1. The molecule has 0 aliphatic rings. The molecule has 2 aromatic heterocycles. The summed E-state index contributed by atoms with van der Waals surface area (Å²) < 4.78 is 21.5. The fourth-order valence-corrected chi connectivity index (χ4v) is 4.33. The number of fused-ring (bicyclic) bond motifs is 2. The number of ether oxygens (including phenoxy) is 2. The van der Waals surface area contributed by atoms with Gasteiger partial charge in [-0.25, -0.2) is 4.79 Å². The molecule has 2 N–H and O–H groups in total. The number of carboxylic acid groups (broad SMARTS) is 1. The number of benzene rings is 2. The molecule has 0 bridgehead atoms. The number of furan rings is 1. The van der Waals surface area contributed by atoms with Crippen LogP contribution in [0.4, 0.5) is 0 Å². The Hall–Kier alpha value is -4.27. The van der Waals surface area contributed by atoms with E-state index < -0.39 is 23.5 Å². The highest BCUT2D eigenvalue weighted by Gasteiger charge is 2.21. The molecule has 0 fully saturated rings. The Balaban J connectivity index is 1.55. The van der Waals surface area contributed by atoms with Gasteiger partial charge in [-0.1, -0.05) is 6.07 Å². The van der Waals surface area contributed by atoms with Crippen LogP contribution in [0.2, 0.25) is 0 Å². The minimum absolute atomic E-state index is 0.0203. The zero-order chi connectivity index (χ0) is 26.0. The van der Waals surface area contributed by atoms with Gasteiger partial charge < -0.3 is 28.7 Å². The maximum Gasteiger partial charge on any atom is 0.339 e. The smallest absolute Gasteiger partial charge is 0.339 e. The standard InChI is InChI=1S/C27H27NO8/c1-14-13-35-22-12-23-19(10-18(14)22)15(2)17(27(32)36-23)6-8-25(29)28-20(11-26(30)31)16-5-7-21(33-3)24(9-16)34-4/h5,7,9-10,12-13,20H,6,8,11H2,1-4H3,(H,28,29)(H,30,31). The van der Waals surface area contributed by atoms with E-state index in [1.165, 1.54) is 14.2 Å². The summed E-state index contributed by atoms with van der Waals surface area (Å²) in [5, 5.41) is 13.8. The SMILES string of the molecule is COc1ccc(C(CC(=O)O)NC(=O)CCc2c(C)c3cc4c(C)coc4cc3oc2=O)cc1OC. The molecular weight excluding hydrogens is 466 g/mol. The topological polar surface area (TPSA) is 128 Å². The lowest BCUT2D eigenvalue weighted by molar-refractivity contribution is -0.137. The van der Waals surface area contributed by atoms with Gasteiger partial charge in [0.15, 0.2) is 11.5 Å². The zero-order valence-corrected chi connectivity index (χ0v) is 20.5. The number of nitrogens with one attached hydrogen (secondary N) is 1. The van der Waals surface area contributed by atoms with Gasteiger partial charge in [-0.2, -0.15) is 0 Å². The average molecular weight is 494 g/mol. The van der Waals surface area contributed by atoms with Crippen LogP contribution in [0, 0.1) is 13.8 Å². The van der Waals surface area contributed by atoms with Crippen molar-refractivity contribution in [1.29, 1.82) is 0 Å². The van der Waals surface area contributed by atoms with E-state index in [9.17, 15) is 19.5 Å². The molecule has 2 aromatic carbocycles. The van der Waals surface area contributed by atoms with E-state index in [2.05, 4.69) is 5.32 Å². The fraction of sp³-hybridized carbons (Fsp3) is 0.296. The van der Waals surface area contributed by atoms with Crippen LogP contribution in [-0.2, 0) is 16.0 Å². The van der Waals surface area contributed by atoms with Crippen LogP contribution >= 0.6 is 0 Å². The summed E-state index contributed by atoms with van der Waals surface area (Å²) in [7, 11) is 2.97. The maximum atomic E-state index is 12.8. The van der Waals surface area contributed by atoms with E-state index in [4.69, 9.17) is 18.3 Å². The van der Waals surface area contributed by atoms with Crippen LogP contribution < -0.4 is 20.4 Å². The summed E-state index contributed by atoms with van der Waals surface area (Å²) in [5.41, 5.74) is 3.20. The van der Waals surface area contributed by atoms with Crippen molar-refractivity contribution in [2.45, 2.75) is 39.2 Å². The van der Waals surface area contributed by atoms with Crippen LogP contribution in [0.5, 0.6) is 11.5 Å². The first-order valence-electron chi connectivity index (χ1n) is 11.4. The molecule has 1 amide bonds. The summed E-state index contributed by atoms with van der Waals surface area (Å²) in [5.74, 6) is -0.549. The van der Waals surface area contributed by atoms with Gasteiger partial charge in [0.2, 0.25) is 5.91 Å². The molecule has 2 heterocycles. The molecule has 0 radical (unpaired) electrons. The third kappa shape index (κ3) is 4.91. The Labute approximate surface area is 206 Å². The molecule has 9 heteroatoms. The number of hydrogen-bond acceptors (Lipinski definition) is 7. The van der Waals surface area contributed by atoms with E-state index in [1.807, 2.05) is 19.9 Å². The number of methoxy groups -OCH3 is 2. The van der Waals surface area contributed by atoms with E-state index in [0.29, 0.717) is 33.8 Å². The Morgan fingerprint density at radius 1 is 1.03 bits per heavy atom. The van der Waals surface area contributed by atoms with Crippen molar-refractivity contribution in [1.82, 2.24) is 5.32 Å². The molecular formula is C27H27NO8. The van der Waals surface area contributed by atoms with Crippen molar-refractivity contribution in [3.05, 3.63) is 69.3 Å². The zero-order valence-electron chi connectivity index (χ0n) is 20.5. The van der Waals surface area contributed by atoms with Gasteiger partial charge in [0.1, 0.15) is 11.2 Å². The van der Waals surface area contributed by atoms with E-state index in [1.54, 1.807) is 30.5 Å². The number of carboxylic acids is 1. The van der Waals surface area contributed by atoms with Gasteiger partial charge in [-0.15, -0.1) is 0 Å². The minimum atomic E-state index is -1.07. The van der Waals surface area contributed by atoms with Gasteiger partial charge in [-0.3, -0.25) is 9.59 Å². The molecule has 188 valence electrons. The van der Waals surface area contributed by atoms with E-state index in [0.717, 1.165) is 21.9 Å². The Bertz CT molecular complexity index is 1510. The number of hydrogen-bond donors (Lipinski definition) is 2. The normalized spacial score (nSPS) is 12.0. The van der Waals surface area contributed by atoms with Crippen LogP contribution in [0.25, 0.3) is 21.9 Å². The molecule has 0 aliphatic carbocycles. The van der Waals surface area contributed by atoms with Gasteiger partial charge >= 0.3 is 11.6 Å². The van der Waals surface area contributed by atoms with Crippen molar-refractivity contribution in [3.8, 4) is 11.5 Å². The van der Waals surface area contributed by atoms with Crippen molar-refractivity contribution >= 4 is 33.8 Å². The lowest BCUT2D eigenvalue weighted by Gasteiger charge is -2.19. The Kier molecular flexibility index (Phi) is 7.00. The summed E-state index contributed by atoms with van der Waals surface area (Å²) in [6, 6.07) is 7.79. The lowest BCUT2D eigenvalue weighted by Crippen LogP contribution is -2.30. The van der Waals surface area contributed by atoms with Crippen LogP contribution in [0.15, 0.2) is 50.2 Å². The number of carbonyl (C=O) groups excluding carboxylic acids is 1. The molecule has 36 heavy (non-hydrogen) atoms. The fourth-order valence-electron chi connectivity index (χ4n) is 4.33. The second-order valence-electron chi connectivity index (χ2n) is 8.59. The van der Waals surface area contributed by atoms with Crippen LogP contribution in [0.3, 0.4) is 0 Å². The van der Waals surface area contributed by atoms with Crippen molar-refractivity contribution in [2.75, 3.05) is 14.2 Å². The average Bonchev–Trinajstić information content (AvgIpc) is 3.21. The molecule has 0 saturated heterocycles. The number of aryl methyl sites for hydroxylation is 2. The van der Waals surface area contributed by atoms with Crippen molar-refractivity contribution < 1.29 is 33.0 Å². The first kappa shape index (κ1) is 24.8. The van der Waals surface area contributed by atoms with Crippen molar-refractivity contribution in [2.24, 2.45) is 0 Å². The summed E-state index contributed by atoms with van der Waals surface area (Å²) >= 11 is 0. The number of aliphatic carboxylic acids is 1. The third-order valence-electron chi connectivity index (χ3n) is 6.30. The van der Waals surface area contributed by atoms with Crippen LogP contribution in [-0.4, -0.2) is 31.2 Å². The highest BCUT2D eigenvalue weighted by Crippen LogP contribution is 2.31. The van der Waals surface area contributed by atoms with Crippen molar-refractivity contribution in [3.63, 3.8) is 0 Å². The summed E-state index contributed by atoms with van der Waals surface area (Å²) in [6.07, 6.45) is 1.45. The predicted octanol–water partition coefficient (Wildman–Crippen LogP) is 4.44. The van der Waals surface area contributed by atoms with E-state index >= 15 is 0 Å². The Morgan fingerprint density at radius 2 is 1.78 bits per heavy atom. The predicted molar refractivity (Wildman–Crippen MR) is 133 cm³/mol. The second kappa shape index (κ2) is 10.2. The highest BCUT2D eigenvalue weighted by atomic mass is 16.5. The molecule has 9 nitrogen and oxygen atoms in total. The summed E-state index contributed by atoms with van der Waals surface area (Å²) in [4.78, 5) is 37.0. The lowest BCUT2D eigenvalue weighted by atomic mass is 10.00. The van der Waals surface area contributed by atoms with Gasteiger partial charge in [0.25, 0.3) is 0 Å². The highest BCUT2D eigenvalue weighted by molar-refractivity contribution is 5.96. The monoisotopic (exact) mass is 493 g/mol. The molecule has 1 unspecified atom stereocenters. The first-order chi connectivity index (χ1) is 17.2. The number of rotatable bonds is 9. The number of carbonyl (C=O) groups is 2. The first-order valence-corrected chi connectivity index (χ1v) is 11.4. The third-order valence-corrected chi connectivity index (χ3v) is 6.30. The summed E-state index contributed by atoms with van der Waals surface area (Å²) in [6.45, 7) is 3.76. The maximum absolute atomic E-state index is 12.8. The van der Waals surface area contributed by atoms with Crippen LogP contribution in [0.1, 0.15) is 41.1 Å². The van der Waals surface area contributed by atoms with Gasteiger partial charge in [0, 0.05) is 28.8 Å². The van der Waals surface area contributed by atoms with Gasteiger partial charge in [0.05, 0.1) is 32.9 Å². The Morgan fingerprint density at radius 3 is 2.47 bits per heavy atom. The second-order valence-corrected chi connectivity index (χ2v) is 8.59. The molecule has 4 rings (SSSR count). The van der Waals surface area contributed by atoms with Gasteiger partial charge in [-0.05, 0) is 55.2 Å².